The summed E-state index contributed by atoms with van der Waals surface area (Å²) in [6, 6.07) is 11.2. The zero-order chi connectivity index (χ0) is 14.2. The summed E-state index contributed by atoms with van der Waals surface area (Å²) >= 11 is 3.37. The zero-order valence-electron chi connectivity index (χ0n) is 10.5. The summed E-state index contributed by atoms with van der Waals surface area (Å²) in [5.41, 5.74) is 3.95. The van der Waals surface area contributed by atoms with Crippen LogP contribution < -0.4 is 5.43 Å². The molecule has 2 rings (SSSR count). The molecule has 0 aliphatic rings. The van der Waals surface area contributed by atoms with E-state index in [1.54, 1.807) is 24.4 Å². The Kier molecular flexibility index (Phi) is 5.20. The molecular weight excluding hydrogens is 318 g/mol. The number of rotatable bonds is 4. The summed E-state index contributed by atoms with van der Waals surface area (Å²) in [5, 5.41) is 3.83. The molecule has 1 N–H and O–H groups in total. The lowest BCUT2D eigenvalue weighted by Gasteiger charge is -1.97. The molecule has 0 saturated heterocycles. The second kappa shape index (κ2) is 7.35. The number of hydrogen-bond acceptors (Lipinski definition) is 3. The van der Waals surface area contributed by atoms with Crippen LogP contribution >= 0.6 is 15.9 Å². The number of nitrogens with one attached hydrogen (secondary N) is 1. The number of halogens is 1. The van der Waals surface area contributed by atoms with Crippen LogP contribution in [0.2, 0.25) is 0 Å². The van der Waals surface area contributed by atoms with Crippen LogP contribution in [-0.4, -0.2) is 17.1 Å². The highest BCUT2D eigenvalue weighted by Gasteiger charge is 2.01. The molecule has 4 nitrogen and oxygen atoms in total. The minimum Gasteiger partial charge on any atom is -0.267 e. The van der Waals surface area contributed by atoms with Gasteiger partial charge in [0.2, 0.25) is 0 Å². The predicted molar refractivity (Wildman–Crippen MR) is 83.4 cm³/mol. The van der Waals surface area contributed by atoms with Crippen molar-refractivity contribution in [2.75, 3.05) is 0 Å². The van der Waals surface area contributed by atoms with Crippen LogP contribution in [0.15, 0.2) is 64.4 Å². The highest BCUT2D eigenvalue weighted by Crippen LogP contribution is 2.11. The SMILES string of the molecule is O=C(N/N=C\C=C/c1ccc(Br)cc1)c1cccnc1. The summed E-state index contributed by atoms with van der Waals surface area (Å²) < 4.78 is 1.03. The summed E-state index contributed by atoms with van der Waals surface area (Å²) in [6.45, 7) is 0. The molecule has 0 fully saturated rings. The molecule has 1 heterocycles. The number of hydrazone groups is 1. The number of aromatic nitrogens is 1. The zero-order valence-corrected chi connectivity index (χ0v) is 12.1. The quantitative estimate of drug-likeness (QED) is 0.691. The molecule has 20 heavy (non-hydrogen) atoms. The van der Waals surface area contributed by atoms with Gasteiger partial charge in [-0.15, -0.1) is 0 Å². The number of amides is 1. The lowest BCUT2D eigenvalue weighted by atomic mass is 10.2. The number of carbonyl (C=O) groups is 1. The van der Waals surface area contributed by atoms with E-state index in [-0.39, 0.29) is 5.91 Å². The van der Waals surface area contributed by atoms with Crippen LogP contribution in [0.5, 0.6) is 0 Å². The van der Waals surface area contributed by atoms with Crippen molar-refractivity contribution in [3.05, 3.63) is 70.5 Å². The third kappa shape index (κ3) is 4.44. The molecule has 0 bridgehead atoms. The van der Waals surface area contributed by atoms with E-state index in [9.17, 15) is 4.79 Å². The van der Waals surface area contributed by atoms with Gasteiger partial charge in [-0.1, -0.05) is 34.1 Å². The van der Waals surface area contributed by atoms with Gasteiger partial charge in [0.25, 0.3) is 5.91 Å². The van der Waals surface area contributed by atoms with Crippen LogP contribution in [0.3, 0.4) is 0 Å². The molecule has 2 aromatic rings. The van der Waals surface area contributed by atoms with E-state index in [1.807, 2.05) is 30.3 Å². The molecule has 0 radical (unpaired) electrons. The van der Waals surface area contributed by atoms with Gasteiger partial charge in [0, 0.05) is 23.1 Å². The molecule has 1 aromatic carbocycles. The molecule has 100 valence electrons. The lowest BCUT2D eigenvalue weighted by molar-refractivity contribution is 0.0955. The van der Waals surface area contributed by atoms with E-state index < -0.39 is 0 Å². The van der Waals surface area contributed by atoms with Crippen molar-refractivity contribution in [1.29, 1.82) is 0 Å². The number of benzene rings is 1. The molecule has 0 aliphatic carbocycles. The Bertz CT molecular complexity index is 621. The molecular formula is C15H12BrN3O. The topological polar surface area (TPSA) is 54.4 Å². The highest BCUT2D eigenvalue weighted by atomic mass is 79.9. The molecule has 1 aromatic heterocycles. The van der Waals surface area contributed by atoms with Crippen molar-refractivity contribution in [2.45, 2.75) is 0 Å². The summed E-state index contributed by atoms with van der Waals surface area (Å²) in [6.07, 6.45) is 8.28. The first kappa shape index (κ1) is 14.1. The van der Waals surface area contributed by atoms with Gasteiger partial charge in [0.1, 0.15) is 0 Å². The average molecular weight is 330 g/mol. The van der Waals surface area contributed by atoms with Crippen LogP contribution in [0.1, 0.15) is 15.9 Å². The maximum atomic E-state index is 11.6. The Hall–Kier alpha value is -2.27. The molecule has 0 atom stereocenters. The van der Waals surface area contributed by atoms with Crippen molar-refractivity contribution in [3.63, 3.8) is 0 Å². The average Bonchev–Trinajstić information content (AvgIpc) is 2.49. The van der Waals surface area contributed by atoms with Crippen molar-refractivity contribution in [2.24, 2.45) is 5.10 Å². The van der Waals surface area contributed by atoms with E-state index in [1.165, 1.54) is 12.4 Å². The molecule has 1 amide bonds. The summed E-state index contributed by atoms with van der Waals surface area (Å²) in [7, 11) is 0. The second-order valence-corrected chi connectivity index (χ2v) is 4.79. The molecule has 0 spiro atoms. The maximum absolute atomic E-state index is 11.6. The fourth-order valence-corrected chi connectivity index (χ4v) is 1.69. The van der Waals surface area contributed by atoms with Gasteiger partial charge in [-0.3, -0.25) is 9.78 Å². The Morgan fingerprint density at radius 3 is 2.75 bits per heavy atom. The summed E-state index contributed by atoms with van der Waals surface area (Å²) in [4.78, 5) is 15.5. The van der Waals surface area contributed by atoms with Gasteiger partial charge in [0.15, 0.2) is 0 Å². The first-order valence-corrected chi connectivity index (χ1v) is 6.71. The lowest BCUT2D eigenvalue weighted by Crippen LogP contribution is -2.17. The molecule has 0 aliphatic heterocycles. The van der Waals surface area contributed by atoms with E-state index >= 15 is 0 Å². The summed E-state index contributed by atoms with van der Waals surface area (Å²) in [5.74, 6) is -0.286. The minimum atomic E-state index is -0.286. The molecule has 0 saturated carbocycles. The first-order valence-electron chi connectivity index (χ1n) is 5.91. The van der Waals surface area contributed by atoms with Crippen molar-refractivity contribution >= 4 is 34.1 Å². The monoisotopic (exact) mass is 329 g/mol. The van der Waals surface area contributed by atoms with Gasteiger partial charge in [-0.25, -0.2) is 5.43 Å². The number of allylic oxidation sites excluding steroid dienone is 1. The molecule has 0 unspecified atom stereocenters. The Morgan fingerprint density at radius 2 is 2.05 bits per heavy atom. The Balaban J connectivity index is 1.85. The first-order chi connectivity index (χ1) is 9.75. The number of nitrogens with zero attached hydrogens (tertiary/aromatic N) is 2. The van der Waals surface area contributed by atoms with Crippen molar-refractivity contribution in [3.8, 4) is 0 Å². The van der Waals surface area contributed by atoms with Crippen molar-refractivity contribution < 1.29 is 4.79 Å². The van der Waals surface area contributed by atoms with Gasteiger partial charge in [-0.05, 0) is 35.9 Å². The molecule has 5 heteroatoms. The third-order valence-electron chi connectivity index (χ3n) is 2.41. The predicted octanol–water partition coefficient (Wildman–Crippen LogP) is 3.27. The largest absolute Gasteiger partial charge is 0.272 e. The van der Waals surface area contributed by atoms with Crippen LogP contribution in [0.4, 0.5) is 0 Å². The highest BCUT2D eigenvalue weighted by molar-refractivity contribution is 9.10. The standard InChI is InChI=1S/C15H12BrN3O/c16-14-7-5-12(6-8-14)3-1-10-18-19-15(20)13-4-2-9-17-11-13/h1-11H,(H,19,20)/b3-1-,18-10-. The van der Waals surface area contributed by atoms with E-state index in [0.29, 0.717) is 5.56 Å². The van der Waals surface area contributed by atoms with E-state index in [0.717, 1.165) is 10.0 Å². The maximum Gasteiger partial charge on any atom is 0.272 e. The van der Waals surface area contributed by atoms with Gasteiger partial charge < -0.3 is 0 Å². The van der Waals surface area contributed by atoms with Gasteiger partial charge >= 0.3 is 0 Å². The van der Waals surface area contributed by atoms with E-state index in [2.05, 4.69) is 31.4 Å². The normalized spacial score (nSPS) is 11.1. The van der Waals surface area contributed by atoms with Crippen LogP contribution in [-0.2, 0) is 0 Å². The third-order valence-corrected chi connectivity index (χ3v) is 2.94. The minimum absolute atomic E-state index is 0.286. The fraction of sp³-hybridized carbons (Fsp3) is 0. The number of pyridine rings is 1. The smallest absolute Gasteiger partial charge is 0.267 e. The Morgan fingerprint density at radius 1 is 1.25 bits per heavy atom. The second-order valence-electron chi connectivity index (χ2n) is 3.87. The van der Waals surface area contributed by atoms with Gasteiger partial charge in [0.05, 0.1) is 5.56 Å². The number of carbonyl (C=O) groups excluding carboxylic acids is 1. The van der Waals surface area contributed by atoms with Crippen LogP contribution in [0.25, 0.3) is 6.08 Å². The fourth-order valence-electron chi connectivity index (χ4n) is 1.43. The van der Waals surface area contributed by atoms with Gasteiger partial charge in [-0.2, -0.15) is 5.10 Å². The van der Waals surface area contributed by atoms with E-state index in [4.69, 9.17) is 0 Å². The Labute approximate surface area is 125 Å². The van der Waals surface area contributed by atoms with Crippen molar-refractivity contribution in [1.82, 2.24) is 10.4 Å². The number of hydrogen-bond donors (Lipinski definition) is 1. The van der Waals surface area contributed by atoms with Crippen LogP contribution in [0, 0.1) is 0 Å².